The average molecular weight is 416 g/mol. The minimum Gasteiger partial charge on any atom is -0.337 e. The molecular formula is C18H13FN4O5S. The van der Waals surface area contributed by atoms with Crippen molar-refractivity contribution in [2.24, 2.45) is 0 Å². The fourth-order valence-corrected chi connectivity index (χ4v) is 4.02. The monoisotopic (exact) mass is 416 g/mol. The molecule has 0 spiro atoms. The van der Waals surface area contributed by atoms with Crippen molar-refractivity contribution in [3.63, 3.8) is 0 Å². The second kappa shape index (κ2) is 6.87. The molecule has 3 aromatic rings. The van der Waals surface area contributed by atoms with Crippen LogP contribution in [0, 0.1) is 5.82 Å². The van der Waals surface area contributed by atoms with Crippen LogP contribution in [0.5, 0.6) is 0 Å². The number of rotatable bonds is 5. The number of aromatic nitrogens is 2. The molecule has 1 aliphatic heterocycles. The van der Waals surface area contributed by atoms with Crippen molar-refractivity contribution < 1.29 is 26.9 Å². The smallest absolute Gasteiger partial charge is 0.258 e. The van der Waals surface area contributed by atoms with Crippen LogP contribution in [0.15, 0.2) is 51.9 Å². The van der Waals surface area contributed by atoms with Crippen LogP contribution in [0.25, 0.3) is 11.4 Å². The summed E-state index contributed by atoms with van der Waals surface area (Å²) in [6, 6.07) is 8.16. The maximum Gasteiger partial charge on any atom is 0.258 e. The fraction of sp³-hybridized carbons (Fsp3) is 0.111. The molecule has 29 heavy (non-hydrogen) atoms. The SMILES string of the molecule is CC(NS(=O)(=O)c1ccc2c(c1)C(=O)NC2=O)c1nc(-c2ccc(F)cc2)no1. The Kier molecular flexibility index (Phi) is 4.47. The first-order valence-corrected chi connectivity index (χ1v) is 9.84. The zero-order chi connectivity index (χ0) is 20.8. The molecule has 0 saturated heterocycles. The van der Waals surface area contributed by atoms with Crippen molar-refractivity contribution in [3.8, 4) is 11.4 Å². The lowest BCUT2D eigenvalue weighted by atomic mass is 10.1. The number of hydrogen-bond acceptors (Lipinski definition) is 7. The number of hydrogen-bond donors (Lipinski definition) is 2. The van der Waals surface area contributed by atoms with E-state index in [2.05, 4.69) is 20.2 Å². The third-order valence-electron chi connectivity index (χ3n) is 4.26. The van der Waals surface area contributed by atoms with Gasteiger partial charge in [-0.3, -0.25) is 14.9 Å². The largest absolute Gasteiger partial charge is 0.337 e. The standard InChI is InChI=1S/C18H13FN4O5S/c1-9(18-20-15(22-28-18)10-2-4-11(19)5-3-10)23-29(26,27)12-6-7-13-14(8-12)17(25)21-16(13)24/h2-9,23H,1H3,(H,21,24,25). The summed E-state index contributed by atoms with van der Waals surface area (Å²) in [5, 5.41) is 5.87. The van der Waals surface area contributed by atoms with Crippen LogP contribution >= 0.6 is 0 Å². The van der Waals surface area contributed by atoms with E-state index >= 15 is 0 Å². The molecule has 4 rings (SSSR count). The first kappa shape index (κ1) is 18.9. The minimum absolute atomic E-state index is 0.00183. The van der Waals surface area contributed by atoms with Gasteiger partial charge in [0.15, 0.2) is 0 Å². The van der Waals surface area contributed by atoms with E-state index in [9.17, 15) is 22.4 Å². The molecule has 9 nitrogen and oxygen atoms in total. The molecule has 0 saturated carbocycles. The molecule has 0 radical (unpaired) electrons. The Labute approximate surface area is 164 Å². The summed E-state index contributed by atoms with van der Waals surface area (Å²) in [6.07, 6.45) is 0. The van der Waals surface area contributed by atoms with E-state index in [0.717, 1.165) is 6.07 Å². The van der Waals surface area contributed by atoms with Crippen LogP contribution in [0.3, 0.4) is 0 Å². The van der Waals surface area contributed by atoms with E-state index in [4.69, 9.17) is 4.52 Å². The van der Waals surface area contributed by atoms with Gasteiger partial charge in [0.25, 0.3) is 11.8 Å². The molecule has 1 unspecified atom stereocenters. The van der Waals surface area contributed by atoms with Crippen molar-refractivity contribution >= 4 is 21.8 Å². The highest BCUT2D eigenvalue weighted by Gasteiger charge is 2.30. The van der Waals surface area contributed by atoms with Gasteiger partial charge in [0.2, 0.25) is 21.7 Å². The summed E-state index contributed by atoms with van der Waals surface area (Å²) in [5.41, 5.74) is 0.607. The molecule has 1 aromatic heterocycles. The molecule has 0 bridgehead atoms. The quantitative estimate of drug-likeness (QED) is 0.606. The number of nitrogens with one attached hydrogen (secondary N) is 2. The maximum atomic E-state index is 13.0. The van der Waals surface area contributed by atoms with Gasteiger partial charge in [-0.2, -0.15) is 9.71 Å². The Morgan fingerprint density at radius 2 is 1.76 bits per heavy atom. The third-order valence-corrected chi connectivity index (χ3v) is 5.80. The van der Waals surface area contributed by atoms with E-state index in [0.29, 0.717) is 5.56 Å². The van der Waals surface area contributed by atoms with Gasteiger partial charge in [0.1, 0.15) is 5.82 Å². The number of benzene rings is 2. The summed E-state index contributed by atoms with van der Waals surface area (Å²) in [4.78, 5) is 27.3. The molecule has 2 heterocycles. The predicted octanol–water partition coefficient (Wildman–Crippen LogP) is 1.80. The van der Waals surface area contributed by atoms with Crippen LogP contribution in [0.4, 0.5) is 4.39 Å². The highest BCUT2D eigenvalue weighted by Crippen LogP contribution is 2.23. The molecule has 11 heteroatoms. The lowest BCUT2D eigenvalue weighted by Crippen LogP contribution is -2.27. The van der Waals surface area contributed by atoms with E-state index < -0.39 is 33.7 Å². The molecule has 1 atom stereocenters. The summed E-state index contributed by atoms with van der Waals surface area (Å²) < 4.78 is 45.8. The lowest BCUT2D eigenvalue weighted by molar-refractivity contribution is 0.0879. The van der Waals surface area contributed by atoms with Gasteiger partial charge in [-0.1, -0.05) is 5.16 Å². The molecule has 0 aliphatic carbocycles. The highest BCUT2D eigenvalue weighted by molar-refractivity contribution is 7.89. The first-order valence-electron chi connectivity index (χ1n) is 8.36. The molecule has 0 fully saturated rings. The second-order valence-corrected chi connectivity index (χ2v) is 8.01. The van der Waals surface area contributed by atoms with Gasteiger partial charge in [-0.25, -0.2) is 12.8 Å². The summed E-state index contributed by atoms with van der Waals surface area (Å²) in [6.45, 7) is 1.50. The zero-order valence-electron chi connectivity index (χ0n) is 14.8. The number of halogens is 1. The number of carbonyl (C=O) groups is 2. The van der Waals surface area contributed by atoms with Crippen LogP contribution in [-0.2, 0) is 10.0 Å². The molecule has 2 N–H and O–H groups in total. The predicted molar refractivity (Wildman–Crippen MR) is 96.7 cm³/mol. The minimum atomic E-state index is -4.05. The van der Waals surface area contributed by atoms with Crippen LogP contribution in [-0.4, -0.2) is 30.4 Å². The summed E-state index contributed by atoms with van der Waals surface area (Å²) >= 11 is 0. The topological polar surface area (TPSA) is 131 Å². The first-order chi connectivity index (χ1) is 13.7. The number of amides is 2. The fourth-order valence-electron chi connectivity index (χ4n) is 2.79. The van der Waals surface area contributed by atoms with Gasteiger partial charge < -0.3 is 4.52 Å². The summed E-state index contributed by atoms with van der Waals surface area (Å²) in [7, 11) is -4.05. The Morgan fingerprint density at radius 3 is 2.48 bits per heavy atom. The number of imide groups is 1. The molecule has 2 aromatic carbocycles. The van der Waals surface area contributed by atoms with Gasteiger partial charge in [0, 0.05) is 5.56 Å². The maximum absolute atomic E-state index is 13.0. The molecular weight excluding hydrogens is 403 g/mol. The van der Waals surface area contributed by atoms with Gasteiger partial charge >= 0.3 is 0 Å². The Morgan fingerprint density at radius 1 is 1.07 bits per heavy atom. The zero-order valence-corrected chi connectivity index (χ0v) is 15.7. The van der Waals surface area contributed by atoms with Crippen LogP contribution in [0.2, 0.25) is 0 Å². The molecule has 2 amide bonds. The van der Waals surface area contributed by atoms with E-state index in [1.165, 1.54) is 43.3 Å². The van der Waals surface area contributed by atoms with Gasteiger partial charge in [-0.15, -0.1) is 0 Å². The van der Waals surface area contributed by atoms with Crippen molar-refractivity contribution in [1.82, 2.24) is 20.2 Å². The van der Waals surface area contributed by atoms with E-state index in [-0.39, 0.29) is 27.7 Å². The van der Waals surface area contributed by atoms with Crippen molar-refractivity contribution in [2.45, 2.75) is 17.9 Å². The average Bonchev–Trinajstić information content (AvgIpc) is 3.27. The van der Waals surface area contributed by atoms with Gasteiger partial charge in [0.05, 0.1) is 22.1 Å². The second-order valence-electron chi connectivity index (χ2n) is 6.30. The number of nitrogens with zero attached hydrogens (tertiary/aromatic N) is 2. The van der Waals surface area contributed by atoms with Crippen LogP contribution < -0.4 is 10.0 Å². The van der Waals surface area contributed by atoms with Crippen molar-refractivity contribution in [2.75, 3.05) is 0 Å². The Balaban J connectivity index is 1.56. The van der Waals surface area contributed by atoms with E-state index in [1.807, 2.05) is 0 Å². The van der Waals surface area contributed by atoms with Crippen LogP contribution in [0.1, 0.15) is 39.6 Å². The van der Waals surface area contributed by atoms with Crippen molar-refractivity contribution in [1.29, 1.82) is 0 Å². The third kappa shape index (κ3) is 3.52. The molecule has 148 valence electrons. The number of carbonyl (C=O) groups excluding carboxylic acids is 2. The Hall–Kier alpha value is -3.44. The molecule has 1 aliphatic rings. The Bertz CT molecular complexity index is 1240. The van der Waals surface area contributed by atoms with E-state index in [1.54, 1.807) is 0 Å². The number of sulfonamides is 1. The van der Waals surface area contributed by atoms with Gasteiger partial charge in [-0.05, 0) is 49.4 Å². The summed E-state index contributed by atoms with van der Waals surface area (Å²) in [5.74, 6) is -1.46. The lowest BCUT2D eigenvalue weighted by Gasteiger charge is -2.11. The highest BCUT2D eigenvalue weighted by atomic mass is 32.2. The normalized spacial score (nSPS) is 14.6. The number of fused-ring (bicyclic) bond motifs is 1. The van der Waals surface area contributed by atoms with Crippen molar-refractivity contribution in [3.05, 3.63) is 65.3 Å².